The molecule has 1 aliphatic heterocycles. The Labute approximate surface area is 143 Å². The van der Waals surface area contributed by atoms with Crippen molar-refractivity contribution in [2.24, 2.45) is 0 Å². The minimum absolute atomic E-state index is 0.389. The molecule has 6 heteroatoms. The summed E-state index contributed by atoms with van der Waals surface area (Å²) in [5.41, 5.74) is 1.05. The molecule has 1 heterocycles. The van der Waals surface area contributed by atoms with E-state index >= 15 is 0 Å². The van der Waals surface area contributed by atoms with E-state index in [2.05, 4.69) is 4.90 Å². The highest BCUT2D eigenvalue weighted by atomic mass is 35.5. The van der Waals surface area contributed by atoms with Crippen LogP contribution in [-0.4, -0.2) is 36.3 Å². The Hall–Kier alpha value is -1.24. The zero-order valence-corrected chi connectivity index (χ0v) is 14.7. The van der Waals surface area contributed by atoms with Crippen LogP contribution in [0.3, 0.4) is 0 Å². The molecule has 0 aromatic heterocycles. The summed E-state index contributed by atoms with van der Waals surface area (Å²) in [6.07, 6.45) is 0.740. The van der Waals surface area contributed by atoms with E-state index in [4.69, 9.17) is 11.6 Å². The molecule has 4 nitrogen and oxygen atoms in total. The number of hydrogen-bond acceptors (Lipinski definition) is 3. The van der Waals surface area contributed by atoms with Crippen LogP contribution in [0.5, 0.6) is 0 Å². The summed E-state index contributed by atoms with van der Waals surface area (Å²) in [6, 6.07) is 12.3. The van der Waals surface area contributed by atoms with E-state index in [1.165, 1.54) is 0 Å². The highest BCUT2D eigenvalue weighted by Gasteiger charge is 2.37. The largest absolute Gasteiger partial charge is 0.622 e. The molecule has 2 atom stereocenters. The Morgan fingerprint density at radius 3 is 2.57 bits per heavy atom. The van der Waals surface area contributed by atoms with Crippen LogP contribution in [-0.2, 0) is 10.8 Å². The first kappa shape index (κ1) is 16.6. The van der Waals surface area contributed by atoms with E-state index in [-0.39, 0.29) is 0 Å². The van der Waals surface area contributed by atoms with Gasteiger partial charge in [-0.05, 0) is 32.3 Å². The van der Waals surface area contributed by atoms with Gasteiger partial charge in [0.2, 0.25) is 0 Å². The summed E-state index contributed by atoms with van der Waals surface area (Å²) in [7, 11) is 2.63. The second-order valence-electron chi connectivity index (χ2n) is 5.97. The number of quaternary nitrogens is 1. The molecule has 0 amide bonds. The van der Waals surface area contributed by atoms with E-state index in [1.54, 1.807) is 30.3 Å². The molecule has 0 aliphatic carbocycles. The van der Waals surface area contributed by atoms with Crippen LogP contribution in [0.25, 0.3) is 0 Å². The maximum Gasteiger partial charge on any atom is 0.156 e. The normalized spacial score (nSPS) is 22.7. The Bertz CT molecular complexity index is 766. The van der Waals surface area contributed by atoms with Gasteiger partial charge in [-0.15, -0.1) is 0 Å². The lowest BCUT2D eigenvalue weighted by Gasteiger charge is -2.45. The topological polar surface area (TPSA) is 43.4 Å². The van der Waals surface area contributed by atoms with E-state index in [1.807, 2.05) is 26.2 Å². The molecule has 0 spiro atoms. The predicted molar refractivity (Wildman–Crippen MR) is 95.4 cm³/mol. The molecule has 0 radical (unpaired) electrons. The number of benzene rings is 2. The number of rotatable bonds is 4. The Morgan fingerprint density at radius 1 is 1.13 bits per heavy atom. The number of hydroxylamine groups is 1. The van der Waals surface area contributed by atoms with Crippen LogP contribution in [0.15, 0.2) is 52.3 Å². The van der Waals surface area contributed by atoms with Crippen molar-refractivity contribution in [1.82, 2.24) is 9.55 Å². The lowest BCUT2D eigenvalue weighted by Crippen LogP contribution is -2.43. The molecule has 0 saturated heterocycles. The van der Waals surface area contributed by atoms with Crippen molar-refractivity contribution in [3.05, 3.63) is 52.7 Å². The van der Waals surface area contributed by atoms with Gasteiger partial charge in [-0.1, -0.05) is 23.7 Å². The molecule has 0 saturated carbocycles. The Morgan fingerprint density at radius 2 is 1.83 bits per heavy atom. The van der Waals surface area contributed by atoms with Crippen LogP contribution in [0, 0.1) is 5.21 Å². The first-order chi connectivity index (χ1) is 10.9. The summed E-state index contributed by atoms with van der Waals surface area (Å²) in [5.74, 6) is 0. The average molecular weight is 351 g/mol. The van der Waals surface area contributed by atoms with Crippen LogP contribution < -0.4 is 4.65 Å². The maximum absolute atomic E-state index is 13.8. The Balaban J connectivity index is 2.13. The molecule has 3 rings (SSSR count). The minimum Gasteiger partial charge on any atom is -0.622 e. The molecule has 1 aliphatic rings. The molecule has 122 valence electrons. The summed E-state index contributed by atoms with van der Waals surface area (Å²) in [6.45, 7) is 1.21. The standard InChI is InChI=1S/C17H19ClN2O2S/c1-19(2)10-5-11-20(21)14-6-3-4-7-16(14)23(22)17-9-8-13(18)12-15(17)20/h3-4,6-9,12H,5,10-11H2,1-2H3. The van der Waals surface area contributed by atoms with E-state index < -0.39 is 15.4 Å². The highest BCUT2D eigenvalue weighted by molar-refractivity contribution is 7.85. The summed E-state index contributed by atoms with van der Waals surface area (Å²) >= 11 is 6.11. The van der Waals surface area contributed by atoms with Crippen LogP contribution in [0.1, 0.15) is 6.42 Å². The summed E-state index contributed by atoms with van der Waals surface area (Å²) in [5, 5.41) is 14.3. The zero-order chi connectivity index (χ0) is 16.6. The van der Waals surface area contributed by atoms with Gasteiger partial charge < -0.3 is 10.1 Å². The molecular formula is C17H19ClN2O2S. The SMILES string of the molecule is CN(C)CCC[N+]1([O-])c2ccccc2S(=O)c2ccc(Cl)cc21. The van der Waals surface area contributed by atoms with Gasteiger partial charge in [-0.25, -0.2) is 4.21 Å². The predicted octanol–water partition coefficient (Wildman–Crippen LogP) is 3.91. The van der Waals surface area contributed by atoms with Crippen molar-refractivity contribution >= 4 is 33.8 Å². The van der Waals surface area contributed by atoms with Gasteiger partial charge >= 0.3 is 0 Å². The van der Waals surface area contributed by atoms with Crippen LogP contribution >= 0.6 is 11.6 Å². The van der Waals surface area contributed by atoms with Crippen LogP contribution in [0.4, 0.5) is 11.4 Å². The van der Waals surface area contributed by atoms with Crippen molar-refractivity contribution in [2.75, 3.05) is 27.2 Å². The second-order valence-corrected chi connectivity index (χ2v) is 7.82. The average Bonchev–Trinajstić information content (AvgIpc) is 2.52. The van der Waals surface area contributed by atoms with Crippen molar-refractivity contribution < 1.29 is 4.21 Å². The van der Waals surface area contributed by atoms with Crippen molar-refractivity contribution in [3.63, 3.8) is 0 Å². The molecule has 2 aromatic carbocycles. The second kappa shape index (κ2) is 6.34. The third-order valence-electron chi connectivity index (χ3n) is 4.04. The fraction of sp³-hybridized carbons (Fsp3) is 0.294. The summed E-state index contributed by atoms with van der Waals surface area (Å²) < 4.78 is 12.2. The minimum atomic E-state index is -1.34. The number of hydrogen-bond donors (Lipinski definition) is 0. The molecule has 0 N–H and O–H groups in total. The van der Waals surface area contributed by atoms with Gasteiger partial charge in [0.25, 0.3) is 0 Å². The molecular weight excluding hydrogens is 332 g/mol. The van der Waals surface area contributed by atoms with E-state index in [9.17, 15) is 9.42 Å². The first-order valence-corrected chi connectivity index (χ1v) is 9.01. The molecule has 0 fully saturated rings. The van der Waals surface area contributed by atoms with Gasteiger partial charge in [0.05, 0.1) is 17.3 Å². The molecule has 2 unspecified atom stereocenters. The third kappa shape index (κ3) is 2.95. The van der Waals surface area contributed by atoms with E-state index in [0.717, 1.165) is 13.0 Å². The smallest absolute Gasteiger partial charge is 0.156 e. The fourth-order valence-corrected chi connectivity index (χ4v) is 4.54. The van der Waals surface area contributed by atoms with Crippen molar-refractivity contribution in [3.8, 4) is 0 Å². The van der Waals surface area contributed by atoms with Crippen LogP contribution in [0.2, 0.25) is 5.02 Å². The summed E-state index contributed by atoms with van der Waals surface area (Å²) in [4.78, 5) is 3.22. The van der Waals surface area contributed by atoms with Gasteiger partial charge in [0, 0.05) is 30.1 Å². The highest BCUT2D eigenvalue weighted by Crippen LogP contribution is 2.47. The lowest BCUT2D eigenvalue weighted by atomic mass is 10.2. The van der Waals surface area contributed by atoms with Gasteiger partial charge in [0.1, 0.15) is 9.79 Å². The quantitative estimate of drug-likeness (QED) is 0.620. The van der Waals surface area contributed by atoms with Crippen molar-refractivity contribution in [1.29, 1.82) is 0 Å². The lowest BCUT2D eigenvalue weighted by molar-refractivity contribution is 0.367. The number of halogens is 1. The van der Waals surface area contributed by atoms with E-state index in [0.29, 0.717) is 32.7 Å². The number of para-hydroxylation sites is 1. The van der Waals surface area contributed by atoms with Gasteiger partial charge in [-0.2, -0.15) is 0 Å². The zero-order valence-electron chi connectivity index (χ0n) is 13.2. The molecule has 2 aromatic rings. The Kier molecular flexibility index (Phi) is 4.58. The molecule has 23 heavy (non-hydrogen) atoms. The van der Waals surface area contributed by atoms with Gasteiger partial charge in [-0.3, -0.25) is 4.65 Å². The maximum atomic E-state index is 13.8. The number of fused-ring (bicyclic) bond motifs is 2. The van der Waals surface area contributed by atoms with Gasteiger partial charge in [0.15, 0.2) is 11.4 Å². The monoisotopic (exact) mass is 350 g/mol. The first-order valence-electron chi connectivity index (χ1n) is 7.49. The fourth-order valence-electron chi connectivity index (χ4n) is 2.94. The molecule has 0 bridgehead atoms. The number of nitrogens with zero attached hydrogens (tertiary/aromatic N) is 2. The van der Waals surface area contributed by atoms with Crippen molar-refractivity contribution in [2.45, 2.75) is 16.2 Å². The third-order valence-corrected chi connectivity index (χ3v) is 5.77.